The molecule has 0 saturated heterocycles. The number of aromatic nitrogens is 2. The normalized spacial score (nSPS) is 10.5. The van der Waals surface area contributed by atoms with E-state index in [0.29, 0.717) is 28.5 Å². The molecule has 0 aliphatic rings. The van der Waals surface area contributed by atoms with E-state index >= 15 is 0 Å². The molecule has 0 radical (unpaired) electrons. The zero-order chi connectivity index (χ0) is 23.4. The van der Waals surface area contributed by atoms with Gasteiger partial charge in [0.1, 0.15) is 5.82 Å². The van der Waals surface area contributed by atoms with E-state index in [2.05, 4.69) is 20.6 Å². The first-order chi connectivity index (χ1) is 16.0. The first-order valence-electron chi connectivity index (χ1n) is 10.00. The van der Waals surface area contributed by atoms with Crippen LogP contribution >= 0.6 is 12.2 Å². The second-order valence-electron chi connectivity index (χ2n) is 7.01. The van der Waals surface area contributed by atoms with Crippen LogP contribution in [0, 0.1) is 0 Å². The van der Waals surface area contributed by atoms with Gasteiger partial charge in [0.25, 0.3) is 5.91 Å². The Kier molecular flexibility index (Phi) is 6.41. The van der Waals surface area contributed by atoms with Crippen LogP contribution in [0.1, 0.15) is 10.4 Å². The lowest BCUT2D eigenvalue weighted by atomic mass is 10.1. The second-order valence-corrected chi connectivity index (χ2v) is 7.41. The number of carbonyl (C=O) groups excluding carboxylic acids is 1. The molecule has 0 fully saturated rings. The van der Waals surface area contributed by atoms with E-state index in [1.54, 1.807) is 12.1 Å². The minimum atomic E-state index is -0.416. The summed E-state index contributed by atoms with van der Waals surface area (Å²) in [6, 6.07) is 18.5. The van der Waals surface area contributed by atoms with Gasteiger partial charge >= 0.3 is 0 Å². The number of nitrogens with one attached hydrogen (secondary N) is 3. The third kappa shape index (κ3) is 4.73. The second kappa shape index (κ2) is 9.58. The van der Waals surface area contributed by atoms with Crippen LogP contribution in [0.2, 0.25) is 0 Å². The standard InChI is InChI=1S/C24H22N4O4S/c1-30-19-12-15(13-20(31-2)21(19)32-3)23(29)28-24(33)25-16-8-6-7-14(11-16)22-26-17-9-4-5-10-18(17)27-22/h4-13H,1-3H3,(H,26,27)(H2,25,28,29,33). The van der Waals surface area contributed by atoms with E-state index in [0.717, 1.165) is 22.4 Å². The predicted octanol–water partition coefficient (Wildman–Crippen LogP) is 4.38. The number of benzene rings is 3. The summed E-state index contributed by atoms with van der Waals surface area (Å²) in [4.78, 5) is 20.7. The van der Waals surface area contributed by atoms with Gasteiger partial charge in [0.2, 0.25) is 5.75 Å². The van der Waals surface area contributed by atoms with Gasteiger partial charge in [-0.25, -0.2) is 4.98 Å². The van der Waals surface area contributed by atoms with Gasteiger partial charge in [-0.1, -0.05) is 24.3 Å². The summed E-state index contributed by atoms with van der Waals surface area (Å²) < 4.78 is 15.9. The van der Waals surface area contributed by atoms with E-state index in [1.807, 2.05) is 48.5 Å². The number of H-pyrrole nitrogens is 1. The number of thiocarbonyl (C=S) groups is 1. The van der Waals surface area contributed by atoms with Crippen LogP contribution in [0.5, 0.6) is 17.2 Å². The lowest BCUT2D eigenvalue weighted by Gasteiger charge is -2.15. The molecule has 4 rings (SSSR count). The minimum absolute atomic E-state index is 0.149. The molecule has 0 aliphatic heterocycles. The fraction of sp³-hybridized carbons (Fsp3) is 0.125. The van der Waals surface area contributed by atoms with E-state index in [4.69, 9.17) is 26.4 Å². The van der Waals surface area contributed by atoms with Gasteiger partial charge < -0.3 is 24.5 Å². The highest BCUT2D eigenvalue weighted by Crippen LogP contribution is 2.38. The maximum Gasteiger partial charge on any atom is 0.257 e. The van der Waals surface area contributed by atoms with Crippen molar-refractivity contribution >= 4 is 40.0 Å². The molecular formula is C24H22N4O4S. The molecule has 33 heavy (non-hydrogen) atoms. The third-order valence-electron chi connectivity index (χ3n) is 4.94. The van der Waals surface area contributed by atoms with Crippen molar-refractivity contribution in [3.63, 3.8) is 0 Å². The summed E-state index contributed by atoms with van der Waals surface area (Å²) in [7, 11) is 4.47. The van der Waals surface area contributed by atoms with E-state index < -0.39 is 5.91 Å². The highest BCUT2D eigenvalue weighted by molar-refractivity contribution is 7.80. The maximum absolute atomic E-state index is 12.8. The average Bonchev–Trinajstić information content (AvgIpc) is 3.27. The van der Waals surface area contributed by atoms with Crippen molar-refractivity contribution in [1.82, 2.24) is 15.3 Å². The monoisotopic (exact) mass is 462 g/mol. The smallest absolute Gasteiger partial charge is 0.257 e. The SMILES string of the molecule is COc1cc(C(=O)NC(=S)Nc2cccc(-c3nc4ccccc4[nH]3)c2)cc(OC)c1OC. The van der Waals surface area contributed by atoms with Crippen molar-refractivity contribution in [3.8, 4) is 28.6 Å². The average molecular weight is 463 g/mol. The Morgan fingerprint density at radius 3 is 2.33 bits per heavy atom. The van der Waals surface area contributed by atoms with Crippen LogP contribution in [0.15, 0.2) is 60.7 Å². The highest BCUT2D eigenvalue weighted by atomic mass is 32.1. The number of para-hydroxylation sites is 2. The number of rotatable bonds is 6. The molecule has 168 valence electrons. The van der Waals surface area contributed by atoms with Crippen LogP contribution in [0.3, 0.4) is 0 Å². The Labute approximate surface area is 195 Å². The Hall–Kier alpha value is -4.11. The molecular weight excluding hydrogens is 440 g/mol. The van der Waals surface area contributed by atoms with Crippen LogP contribution in [0.25, 0.3) is 22.4 Å². The summed E-state index contributed by atoms with van der Waals surface area (Å²) in [5.74, 6) is 1.48. The van der Waals surface area contributed by atoms with Crippen molar-refractivity contribution in [2.45, 2.75) is 0 Å². The summed E-state index contributed by atoms with van der Waals surface area (Å²) in [6.07, 6.45) is 0. The number of aromatic amines is 1. The molecule has 3 N–H and O–H groups in total. The topological polar surface area (TPSA) is 97.5 Å². The third-order valence-corrected chi connectivity index (χ3v) is 5.14. The quantitative estimate of drug-likeness (QED) is 0.366. The zero-order valence-corrected chi connectivity index (χ0v) is 19.1. The first-order valence-corrected chi connectivity index (χ1v) is 10.4. The van der Waals surface area contributed by atoms with Gasteiger partial charge in [-0.3, -0.25) is 10.1 Å². The lowest BCUT2D eigenvalue weighted by Crippen LogP contribution is -2.34. The molecule has 0 atom stereocenters. The van der Waals surface area contributed by atoms with Crippen molar-refractivity contribution in [3.05, 3.63) is 66.2 Å². The predicted molar refractivity (Wildman–Crippen MR) is 131 cm³/mol. The number of imidazole rings is 1. The molecule has 0 bridgehead atoms. The minimum Gasteiger partial charge on any atom is -0.493 e. The Bertz CT molecular complexity index is 1280. The number of fused-ring (bicyclic) bond motifs is 1. The maximum atomic E-state index is 12.8. The molecule has 1 amide bonds. The molecule has 9 heteroatoms. The number of hydrogen-bond donors (Lipinski definition) is 3. The highest BCUT2D eigenvalue weighted by Gasteiger charge is 2.18. The van der Waals surface area contributed by atoms with Gasteiger partial charge in [-0.2, -0.15) is 0 Å². The Balaban J connectivity index is 1.49. The van der Waals surface area contributed by atoms with Crippen molar-refractivity contribution in [1.29, 1.82) is 0 Å². The van der Waals surface area contributed by atoms with Crippen molar-refractivity contribution < 1.29 is 19.0 Å². The summed E-state index contributed by atoms with van der Waals surface area (Å²) in [5.41, 5.74) is 3.75. The fourth-order valence-corrected chi connectivity index (χ4v) is 3.59. The summed E-state index contributed by atoms with van der Waals surface area (Å²) in [5, 5.41) is 5.86. The molecule has 0 saturated carbocycles. The molecule has 0 spiro atoms. The van der Waals surface area contributed by atoms with E-state index in [-0.39, 0.29) is 5.11 Å². The molecule has 1 aromatic heterocycles. The number of methoxy groups -OCH3 is 3. The van der Waals surface area contributed by atoms with Gasteiger partial charge in [0.05, 0.1) is 32.4 Å². The summed E-state index contributed by atoms with van der Waals surface area (Å²) >= 11 is 5.34. The van der Waals surface area contributed by atoms with Gasteiger partial charge in [0.15, 0.2) is 16.6 Å². The molecule has 0 aliphatic carbocycles. The van der Waals surface area contributed by atoms with Crippen LogP contribution in [-0.4, -0.2) is 42.3 Å². The van der Waals surface area contributed by atoms with Crippen molar-refractivity contribution in [2.24, 2.45) is 0 Å². The zero-order valence-electron chi connectivity index (χ0n) is 18.3. The Morgan fingerprint density at radius 1 is 0.939 bits per heavy atom. The number of hydrogen-bond acceptors (Lipinski definition) is 6. The van der Waals surface area contributed by atoms with Gasteiger partial charge in [-0.15, -0.1) is 0 Å². The number of amides is 1. The van der Waals surface area contributed by atoms with Gasteiger partial charge in [0, 0.05) is 16.8 Å². The molecule has 4 aromatic rings. The van der Waals surface area contributed by atoms with Crippen LogP contribution in [-0.2, 0) is 0 Å². The molecule has 8 nitrogen and oxygen atoms in total. The Morgan fingerprint density at radius 2 is 1.67 bits per heavy atom. The number of anilines is 1. The summed E-state index contributed by atoms with van der Waals surface area (Å²) in [6.45, 7) is 0. The van der Waals surface area contributed by atoms with Crippen LogP contribution in [0.4, 0.5) is 5.69 Å². The number of carbonyl (C=O) groups is 1. The first kappa shape index (κ1) is 22.1. The number of ether oxygens (including phenoxy) is 3. The van der Waals surface area contributed by atoms with Crippen LogP contribution < -0.4 is 24.8 Å². The number of nitrogens with zero attached hydrogens (tertiary/aromatic N) is 1. The molecule has 0 unspecified atom stereocenters. The molecule has 3 aromatic carbocycles. The van der Waals surface area contributed by atoms with E-state index in [9.17, 15) is 4.79 Å². The lowest BCUT2D eigenvalue weighted by molar-refractivity contribution is 0.0977. The van der Waals surface area contributed by atoms with E-state index in [1.165, 1.54) is 21.3 Å². The fourth-order valence-electron chi connectivity index (χ4n) is 3.38. The van der Waals surface area contributed by atoms with Gasteiger partial charge in [-0.05, 0) is 48.6 Å². The molecule has 1 heterocycles. The largest absolute Gasteiger partial charge is 0.493 e. The van der Waals surface area contributed by atoms with Crippen molar-refractivity contribution in [2.75, 3.05) is 26.6 Å².